The average Bonchev–Trinajstić information content (AvgIpc) is 2.57. The second-order valence-corrected chi connectivity index (χ2v) is 8.09. The van der Waals surface area contributed by atoms with Gasteiger partial charge in [0.2, 0.25) is 15.9 Å². The zero-order valence-electron chi connectivity index (χ0n) is 15.4. The summed E-state index contributed by atoms with van der Waals surface area (Å²) in [6.07, 6.45) is 0. The number of rotatable bonds is 7. The summed E-state index contributed by atoms with van der Waals surface area (Å²) in [5.74, 6) is -0.820. The van der Waals surface area contributed by atoms with Crippen molar-refractivity contribution in [1.82, 2.24) is 0 Å². The van der Waals surface area contributed by atoms with Crippen molar-refractivity contribution in [2.75, 3.05) is 22.9 Å². The van der Waals surface area contributed by atoms with E-state index in [1.165, 1.54) is 7.11 Å². The van der Waals surface area contributed by atoms with Crippen LogP contribution < -0.4 is 14.8 Å². The normalized spacial score (nSPS) is 12.3. The predicted octanol–water partition coefficient (Wildman–Crippen LogP) is 3.33. The standard InChI is InChI=1S/C19H24N2O4S/c1-13-8-9-14(2)18(10-13)20-19(22)15(3)12-26(23,24)21-16-6-5-7-17(11-16)25-4/h5-11,15,21H,12H2,1-4H3,(H,20,22). The van der Waals surface area contributed by atoms with Gasteiger partial charge in [0, 0.05) is 11.8 Å². The highest BCUT2D eigenvalue weighted by Crippen LogP contribution is 2.20. The summed E-state index contributed by atoms with van der Waals surface area (Å²) in [5.41, 5.74) is 3.03. The quantitative estimate of drug-likeness (QED) is 0.776. The van der Waals surface area contributed by atoms with Gasteiger partial charge in [0.05, 0.1) is 24.5 Å². The van der Waals surface area contributed by atoms with Crippen LogP contribution >= 0.6 is 0 Å². The van der Waals surface area contributed by atoms with Crippen molar-refractivity contribution in [2.45, 2.75) is 20.8 Å². The molecule has 0 aliphatic heterocycles. The van der Waals surface area contributed by atoms with Gasteiger partial charge in [0.1, 0.15) is 5.75 Å². The molecule has 0 saturated carbocycles. The Balaban J connectivity index is 2.03. The first-order valence-electron chi connectivity index (χ1n) is 8.23. The van der Waals surface area contributed by atoms with Gasteiger partial charge in [-0.1, -0.05) is 25.1 Å². The van der Waals surface area contributed by atoms with E-state index < -0.39 is 15.9 Å². The minimum atomic E-state index is -3.68. The number of amides is 1. The molecule has 1 amide bonds. The highest BCUT2D eigenvalue weighted by atomic mass is 32.2. The van der Waals surface area contributed by atoms with E-state index in [1.807, 2.05) is 32.0 Å². The summed E-state index contributed by atoms with van der Waals surface area (Å²) in [6.45, 7) is 5.41. The molecule has 140 valence electrons. The van der Waals surface area contributed by atoms with Crippen molar-refractivity contribution in [3.05, 3.63) is 53.6 Å². The average molecular weight is 376 g/mol. The largest absolute Gasteiger partial charge is 0.497 e. The fourth-order valence-electron chi connectivity index (χ4n) is 2.44. The Hall–Kier alpha value is -2.54. The topological polar surface area (TPSA) is 84.5 Å². The molecule has 0 saturated heterocycles. The molecular weight excluding hydrogens is 352 g/mol. The summed E-state index contributed by atoms with van der Waals surface area (Å²) < 4.78 is 32.3. The number of ether oxygens (including phenoxy) is 1. The molecule has 0 bridgehead atoms. The molecule has 1 unspecified atom stereocenters. The van der Waals surface area contributed by atoms with Crippen LogP contribution in [0.2, 0.25) is 0 Å². The molecule has 1 atom stereocenters. The molecule has 0 radical (unpaired) electrons. The van der Waals surface area contributed by atoms with E-state index in [1.54, 1.807) is 31.2 Å². The second kappa shape index (κ2) is 8.23. The van der Waals surface area contributed by atoms with E-state index in [2.05, 4.69) is 10.0 Å². The Kier molecular flexibility index (Phi) is 6.26. The molecule has 2 aromatic carbocycles. The van der Waals surface area contributed by atoms with Crippen molar-refractivity contribution in [3.8, 4) is 5.75 Å². The molecule has 2 N–H and O–H groups in total. The number of hydrogen-bond donors (Lipinski definition) is 2. The van der Waals surface area contributed by atoms with Gasteiger partial charge in [-0.15, -0.1) is 0 Å². The summed E-state index contributed by atoms with van der Waals surface area (Å²) in [6, 6.07) is 12.3. The van der Waals surface area contributed by atoms with Crippen LogP contribution in [0.1, 0.15) is 18.1 Å². The van der Waals surface area contributed by atoms with E-state index in [0.717, 1.165) is 11.1 Å². The second-order valence-electron chi connectivity index (χ2n) is 6.32. The van der Waals surface area contributed by atoms with Crippen molar-refractivity contribution in [3.63, 3.8) is 0 Å². The van der Waals surface area contributed by atoms with Gasteiger partial charge in [-0.25, -0.2) is 8.42 Å². The number of sulfonamides is 1. The van der Waals surface area contributed by atoms with E-state index in [4.69, 9.17) is 4.74 Å². The molecule has 0 fully saturated rings. The monoisotopic (exact) mass is 376 g/mol. The molecule has 0 aromatic heterocycles. The van der Waals surface area contributed by atoms with E-state index >= 15 is 0 Å². The maximum atomic E-state index is 12.4. The molecule has 0 aliphatic rings. The Morgan fingerprint density at radius 3 is 2.58 bits per heavy atom. The molecule has 26 heavy (non-hydrogen) atoms. The van der Waals surface area contributed by atoms with Crippen LogP contribution in [0.3, 0.4) is 0 Å². The summed E-state index contributed by atoms with van der Waals surface area (Å²) in [5, 5.41) is 2.80. The van der Waals surface area contributed by atoms with E-state index in [9.17, 15) is 13.2 Å². The number of carbonyl (C=O) groups excluding carboxylic acids is 1. The lowest BCUT2D eigenvalue weighted by Gasteiger charge is -2.15. The highest BCUT2D eigenvalue weighted by Gasteiger charge is 2.22. The van der Waals surface area contributed by atoms with Gasteiger partial charge >= 0.3 is 0 Å². The zero-order valence-corrected chi connectivity index (χ0v) is 16.2. The Bertz CT molecular complexity index is 894. The molecular formula is C19H24N2O4S. The molecule has 0 aliphatic carbocycles. The number of hydrogen-bond acceptors (Lipinski definition) is 4. The molecule has 6 nitrogen and oxygen atoms in total. The van der Waals surface area contributed by atoms with Crippen LogP contribution in [-0.4, -0.2) is 27.2 Å². The van der Waals surface area contributed by atoms with Gasteiger partial charge in [0.25, 0.3) is 0 Å². The number of nitrogens with one attached hydrogen (secondary N) is 2. The molecule has 0 spiro atoms. The SMILES string of the molecule is COc1cccc(NS(=O)(=O)CC(C)C(=O)Nc2cc(C)ccc2C)c1. The van der Waals surface area contributed by atoms with Crippen molar-refractivity contribution >= 4 is 27.3 Å². The Labute approximate surface area is 154 Å². The fourth-order valence-corrected chi connectivity index (χ4v) is 3.82. The van der Waals surface area contributed by atoms with Gasteiger partial charge in [-0.05, 0) is 43.2 Å². The number of aryl methyl sites for hydroxylation is 2. The van der Waals surface area contributed by atoms with Crippen LogP contribution in [0, 0.1) is 19.8 Å². The van der Waals surface area contributed by atoms with Gasteiger partial charge in [-0.3, -0.25) is 9.52 Å². The fraction of sp³-hybridized carbons (Fsp3) is 0.316. The van der Waals surface area contributed by atoms with Crippen LogP contribution in [0.25, 0.3) is 0 Å². The molecule has 0 heterocycles. The zero-order chi connectivity index (χ0) is 19.3. The van der Waals surface area contributed by atoms with Crippen LogP contribution in [0.15, 0.2) is 42.5 Å². The van der Waals surface area contributed by atoms with Gasteiger partial charge in [-0.2, -0.15) is 0 Å². The lowest BCUT2D eigenvalue weighted by atomic mass is 10.1. The van der Waals surface area contributed by atoms with Gasteiger partial charge < -0.3 is 10.1 Å². The van der Waals surface area contributed by atoms with Crippen molar-refractivity contribution < 1.29 is 17.9 Å². The van der Waals surface area contributed by atoms with Crippen LogP contribution in [0.4, 0.5) is 11.4 Å². The van der Waals surface area contributed by atoms with E-state index in [0.29, 0.717) is 17.1 Å². The number of methoxy groups -OCH3 is 1. The van der Waals surface area contributed by atoms with Crippen LogP contribution in [0.5, 0.6) is 5.75 Å². The minimum Gasteiger partial charge on any atom is -0.497 e. The van der Waals surface area contributed by atoms with E-state index in [-0.39, 0.29) is 11.7 Å². The summed E-state index contributed by atoms with van der Waals surface area (Å²) >= 11 is 0. The number of anilines is 2. The predicted molar refractivity (Wildman–Crippen MR) is 104 cm³/mol. The lowest BCUT2D eigenvalue weighted by Crippen LogP contribution is -2.30. The third-order valence-corrected chi connectivity index (χ3v) is 5.40. The molecule has 7 heteroatoms. The number of carbonyl (C=O) groups is 1. The summed E-state index contributed by atoms with van der Waals surface area (Å²) in [7, 11) is -2.17. The first kappa shape index (κ1) is 19.8. The Morgan fingerprint density at radius 2 is 1.88 bits per heavy atom. The first-order valence-corrected chi connectivity index (χ1v) is 9.88. The highest BCUT2D eigenvalue weighted by molar-refractivity contribution is 7.92. The smallest absolute Gasteiger partial charge is 0.233 e. The third-order valence-electron chi connectivity index (χ3n) is 3.91. The molecule has 2 aromatic rings. The number of benzene rings is 2. The summed E-state index contributed by atoms with van der Waals surface area (Å²) in [4.78, 5) is 12.4. The van der Waals surface area contributed by atoms with Crippen molar-refractivity contribution in [2.24, 2.45) is 5.92 Å². The molecule has 2 rings (SSSR count). The maximum Gasteiger partial charge on any atom is 0.233 e. The van der Waals surface area contributed by atoms with Gasteiger partial charge in [0.15, 0.2) is 0 Å². The maximum absolute atomic E-state index is 12.4. The minimum absolute atomic E-state index is 0.319. The Morgan fingerprint density at radius 1 is 1.15 bits per heavy atom. The van der Waals surface area contributed by atoms with Crippen LogP contribution in [-0.2, 0) is 14.8 Å². The first-order chi connectivity index (χ1) is 12.2. The van der Waals surface area contributed by atoms with Crippen molar-refractivity contribution in [1.29, 1.82) is 0 Å². The third kappa shape index (κ3) is 5.49. The lowest BCUT2D eigenvalue weighted by molar-refractivity contribution is -0.118.